The van der Waals surface area contributed by atoms with Gasteiger partial charge in [-0.15, -0.1) is 0 Å². The predicted octanol–water partition coefficient (Wildman–Crippen LogP) is 4.40. The largest absolute Gasteiger partial charge is 0.508 e. The number of anilines is 2. The van der Waals surface area contributed by atoms with Crippen molar-refractivity contribution in [1.29, 1.82) is 0 Å². The van der Waals surface area contributed by atoms with Gasteiger partial charge in [0.15, 0.2) is 16.3 Å². The lowest BCUT2D eigenvalue weighted by Crippen LogP contribution is -2.19. The van der Waals surface area contributed by atoms with Crippen LogP contribution in [-0.2, 0) is 0 Å². The van der Waals surface area contributed by atoms with Gasteiger partial charge in [0, 0.05) is 18.0 Å². The number of aromatic hydroxyl groups is 1. The van der Waals surface area contributed by atoms with Gasteiger partial charge in [-0.2, -0.15) is 4.98 Å². The van der Waals surface area contributed by atoms with E-state index in [1.165, 1.54) is 0 Å². The van der Waals surface area contributed by atoms with Gasteiger partial charge in [0.1, 0.15) is 5.75 Å². The summed E-state index contributed by atoms with van der Waals surface area (Å²) in [6.45, 7) is 0. The van der Waals surface area contributed by atoms with E-state index in [9.17, 15) is 5.11 Å². The average Bonchev–Trinajstić information content (AvgIpc) is 3.06. The van der Waals surface area contributed by atoms with Crippen molar-refractivity contribution in [2.75, 3.05) is 10.6 Å². The summed E-state index contributed by atoms with van der Waals surface area (Å²) in [4.78, 5) is 8.63. The normalized spacial score (nSPS) is 10.6. The quantitative estimate of drug-likeness (QED) is 0.466. The van der Waals surface area contributed by atoms with E-state index in [0.717, 1.165) is 11.3 Å². The van der Waals surface area contributed by atoms with Crippen molar-refractivity contribution in [1.82, 2.24) is 9.97 Å². The van der Waals surface area contributed by atoms with Crippen LogP contribution in [0.3, 0.4) is 0 Å². The Hall–Kier alpha value is -3.45. The molecule has 0 bridgehead atoms. The molecular formula is C19H14N4O2S. The van der Waals surface area contributed by atoms with Crippen molar-refractivity contribution >= 4 is 39.9 Å². The van der Waals surface area contributed by atoms with Crippen LogP contribution in [-0.4, -0.2) is 20.2 Å². The van der Waals surface area contributed by atoms with Crippen molar-refractivity contribution in [2.45, 2.75) is 0 Å². The van der Waals surface area contributed by atoms with E-state index in [1.54, 1.807) is 30.5 Å². The van der Waals surface area contributed by atoms with Gasteiger partial charge in [-0.1, -0.05) is 18.2 Å². The molecule has 3 N–H and O–H groups in total. The fourth-order valence-electron chi connectivity index (χ4n) is 2.53. The summed E-state index contributed by atoms with van der Waals surface area (Å²) >= 11 is 5.37. The van der Waals surface area contributed by atoms with E-state index < -0.39 is 0 Å². The summed E-state index contributed by atoms with van der Waals surface area (Å²) in [7, 11) is 0. The van der Waals surface area contributed by atoms with Crippen LogP contribution < -0.4 is 10.6 Å². The monoisotopic (exact) mass is 362 g/mol. The summed E-state index contributed by atoms with van der Waals surface area (Å²) in [6, 6.07) is 17.9. The summed E-state index contributed by atoms with van der Waals surface area (Å²) in [5.41, 5.74) is 3.38. The Bertz CT molecular complexity index is 1060. The van der Waals surface area contributed by atoms with E-state index in [4.69, 9.17) is 16.6 Å². The zero-order valence-corrected chi connectivity index (χ0v) is 14.3. The maximum atomic E-state index is 9.55. The molecule has 4 aromatic rings. The van der Waals surface area contributed by atoms with Crippen molar-refractivity contribution in [3.63, 3.8) is 0 Å². The Morgan fingerprint density at radius 3 is 2.73 bits per heavy atom. The van der Waals surface area contributed by atoms with Crippen LogP contribution in [0, 0.1) is 0 Å². The van der Waals surface area contributed by atoms with Crippen LogP contribution in [0.25, 0.3) is 22.7 Å². The summed E-state index contributed by atoms with van der Waals surface area (Å²) < 4.78 is 5.80. The standard InChI is InChI=1S/C19H14N4O2S/c24-13-6-3-5-12(11-13)21-19(26)22-15-8-2-1-7-14(15)18-23-17-16(25-18)9-4-10-20-17/h1-11,24H,(H2,21,22,26). The number of hydrogen-bond donors (Lipinski definition) is 3. The highest BCUT2D eigenvalue weighted by Gasteiger charge is 2.13. The number of aromatic nitrogens is 2. The Morgan fingerprint density at radius 2 is 1.88 bits per heavy atom. The number of hydrogen-bond acceptors (Lipinski definition) is 5. The number of pyridine rings is 1. The molecule has 0 saturated carbocycles. The van der Waals surface area contributed by atoms with Crippen molar-refractivity contribution in [2.24, 2.45) is 0 Å². The van der Waals surface area contributed by atoms with Crippen LogP contribution in [0.5, 0.6) is 5.75 Å². The lowest BCUT2D eigenvalue weighted by Gasteiger charge is -2.12. The number of para-hydroxylation sites is 1. The fraction of sp³-hybridized carbons (Fsp3) is 0. The molecule has 0 amide bonds. The number of phenolic OH excluding ortho intramolecular Hbond substituents is 1. The van der Waals surface area contributed by atoms with Crippen LogP contribution >= 0.6 is 12.2 Å². The zero-order valence-electron chi connectivity index (χ0n) is 13.5. The van der Waals surface area contributed by atoms with Crippen LogP contribution in [0.4, 0.5) is 11.4 Å². The number of fused-ring (bicyclic) bond motifs is 1. The summed E-state index contributed by atoms with van der Waals surface area (Å²) in [5, 5.41) is 16.1. The molecule has 128 valence electrons. The first-order valence-corrected chi connectivity index (χ1v) is 8.28. The number of nitrogens with zero attached hydrogens (tertiary/aromatic N) is 2. The minimum Gasteiger partial charge on any atom is -0.508 e. The molecule has 0 aliphatic carbocycles. The highest BCUT2D eigenvalue weighted by molar-refractivity contribution is 7.80. The smallest absolute Gasteiger partial charge is 0.230 e. The van der Waals surface area contributed by atoms with E-state index >= 15 is 0 Å². The molecule has 0 fully saturated rings. The van der Waals surface area contributed by atoms with Crippen molar-refractivity contribution in [3.8, 4) is 17.2 Å². The maximum absolute atomic E-state index is 9.55. The van der Waals surface area contributed by atoms with Crippen LogP contribution in [0.15, 0.2) is 71.3 Å². The van der Waals surface area contributed by atoms with Gasteiger partial charge in [0.25, 0.3) is 0 Å². The van der Waals surface area contributed by atoms with Crippen molar-refractivity contribution < 1.29 is 9.52 Å². The molecule has 0 radical (unpaired) electrons. The lowest BCUT2D eigenvalue weighted by atomic mass is 10.2. The highest BCUT2D eigenvalue weighted by atomic mass is 32.1. The summed E-state index contributed by atoms with van der Waals surface area (Å²) in [5.74, 6) is 0.624. The number of phenols is 1. The molecule has 2 aromatic carbocycles. The fourth-order valence-corrected chi connectivity index (χ4v) is 2.76. The molecule has 2 heterocycles. The van der Waals surface area contributed by atoms with Gasteiger partial charge in [-0.25, -0.2) is 4.98 Å². The molecule has 6 nitrogen and oxygen atoms in total. The Labute approximate surface area is 154 Å². The first-order chi connectivity index (χ1) is 12.7. The van der Waals surface area contributed by atoms with Gasteiger partial charge >= 0.3 is 0 Å². The number of rotatable bonds is 3. The van der Waals surface area contributed by atoms with E-state index in [-0.39, 0.29) is 5.75 Å². The maximum Gasteiger partial charge on any atom is 0.230 e. The number of oxazole rings is 1. The molecule has 2 aromatic heterocycles. The number of nitrogens with one attached hydrogen (secondary N) is 2. The minimum atomic E-state index is 0.164. The average molecular weight is 362 g/mol. The molecule has 0 saturated heterocycles. The molecule has 4 rings (SSSR count). The number of thiocarbonyl (C=S) groups is 1. The molecule has 0 unspecified atom stereocenters. The molecule has 0 aliphatic heterocycles. The second-order valence-corrected chi connectivity index (χ2v) is 5.93. The van der Waals surface area contributed by atoms with Crippen molar-refractivity contribution in [3.05, 3.63) is 66.9 Å². The minimum absolute atomic E-state index is 0.164. The van der Waals surface area contributed by atoms with E-state index in [0.29, 0.717) is 27.9 Å². The first-order valence-electron chi connectivity index (χ1n) is 7.87. The first kappa shape index (κ1) is 16.0. The van der Waals surface area contributed by atoms with Gasteiger partial charge in [0.05, 0.1) is 11.3 Å². The van der Waals surface area contributed by atoms with E-state index in [1.807, 2.05) is 36.4 Å². The molecule has 7 heteroatoms. The third kappa shape index (κ3) is 3.33. The Morgan fingerprint density at radius 1 is 1.00 bits per heavy atom. The molecule has 0 aliphatic rings. The molecule has 0 spiro atoms. The van der Waals surface area contributed by atoms with E-state index in [2.05, 4.69) is 20.6 Å². The van der Waals surface area contributed by atoms with Crippen LogP contribution in [0.1, 0.15) is 0 Å². The van der Waals surface area contributed by atoms with Gasteiger partial charge in [-0.05, 0) is 48.6 Å². The second-order valence-electron chi connectivity index (χ2n) is 5.52. The second kappa shape index (κ2) is 6.81. The lowest BCUT2D eigenvalue weighted by molar-refractivity contribution is 0.475. The third-order valence-corrected chi connectivity index (χ3v) is 3.88. The molecule has 0 atom stereocenters. The number of benzene rings is 2. The molecule has 26 heavy (non-hydrogen) atoms. The predicted molar refractivity (Wildman–Crippen MR) is 105 cm³/mol. The topological polar surface area (TPSA) is 83.2 Å². The zero-order chi connectivity index (χ0) is 17.9. The highest BCUT2D eigenvalue weighted by Crippen LogP contribution is 2.29. The Balaban J connectivity index is 1.60. The third-order valence-electron chi connectivity index (χ3n) is 3.67. The molecular weight excluding hydrogens is 348 g/mol. The van der Waals surface area contributed by atoms with Crippen LogP contribution in [0.2, 0.25) is 0 Å². The SMILES string of the molecule is Oc1cccc(NC(=S)Nc2ccccc2-c2nc3ncccc3o2)c1. The summed E-state index contributed by atoms with van der Waals surface area (Å²) in [6.07, 6.45) is 1.67. The van der Waals surface area contributed by atoms with Gasteiger partial charge in [0.2, 0.25) is 5.89 Å². The van der Waals surface area contributed by atoms with Gasteiger partial charge in [-0.3, -0.25) is 0 Å². The van der Waals surface area contributed by atoms with Gasteiger partial charge < -0.3 is 20.2 Å². The Kier molecular flexibility index (Phi) is 4.20.